The summed E-state index contributed by atoms with van der Waals surface area (Å²) >= 11 is 0. The smallest absolute Gasteiger partial charge is 0.407 e. The molecule has 7 heteroatoms. The summed E-state index contributed by atoms with van der Waals surface area (Å²) in [4.78, 5) is 35.1. The van der Waals surface area contributed by atoms with Crippen LogP contribution in [0.4, 0.5) is 4.79 Å². The molecule has 7 nitrogen and oxygen atoms in total. The van der Waals surface area contributed by atoms with Gasteiger partial charge in [0.15, 0.2) is 0 Å². The van der Waals surface area contributed by atoms with Gasteiger partial charge in [-0.25, -0.2) is 4.79 Å². The third-order valence-corrected chi connectivity index (χ3v) is 6.72. The van der Waals surface area contributed by atoms with Gasteiger partial charge in [-0.15, -0.1) is 0 Å². The molecule has 3 rings (SSSR count). The van der Waals surface area contributed by atoms with E-state index in [1.54, 1.807) is 13.8 Å². The monoisotopic (exact) mass is 480 g/mol. The fourth-order valence-electron chi connectivity index (χ4n) is 4.45. The Kier molecular flexibility index (Phi) is 9.70. The molecule has 2 aromatic carbocycles. The van der Waals surface area contributed by atoms with Crippen LogP contribution in [-0.2, 0) is 14.3 Å². The number of unbranched alkanes of at least 4 members (excludes halogenated alkanes) is 4. The van der Waals surface area contributed by atoms with Crippen molar-refractivity contribution in [3.63, 3.8) is 0 Å². The van der Waals surface area contributed by atoms with Crippen molar-refractivity contribution in [2.45, 2.75) is 64.3 Å². The molecule has 3 N–H and O–H groups in total. The number of ether oxygens (including phenoxy) is 1. The van der Waals surface area contributed by atoms with E-state index in [2.05, 4.69) is 34.9 Å². The Labute approximate surface area is 207 Å². The molecule has 2 atom stereocenters. The normalized spacial score (nSPS) is 13.9. The van der Waals surface area contributed by atoms with Crippen molar-refractivity contribution in [3.05, 3.63) is 59.7 Å². The minimum absolute atomic E-state index is 0.0562. The number of hydrogen-bond acceptors (Lipinski definition) is 4. The van der Waals surface area contributed by atoms with E-state index in [9.17, 15) is 14.4 Å². The predicted octanol–water partition coefficient (Wildman–Crippen LogP) is 5.09. The van der Waals surface area contributed by atoms with Crippen LogP contribution >= 0.6 is 0 Å². The van der Waals surface area contributed by atoms with Crippen LogP contribution in [0.15, 0.2) is 48.5 Å². The van der Waals surface area contributed by atoms with Gasteiger partial charge in [0.1, 0.15) is 6.61 Å². The Balaban J connectivity index is 1.26. The molecule has 2 unspecified atom stereocenters. The van der Waals surface area contributed by atoms with E-state index in [0.717, 1.165) is 32.1 Å². The Morgan fingerprint density at radius 2 is 1.46 bits per heavy atom. The molecule has 0 saturated heterocycles. The number of fused-ring (bicyclic) bond motifs is 3. The van der Waals surface area contributed by atoms with Crippen LogP contribution in [0.3, 0.4) is 0 Å². The van der Waals surface area contributed by atoms with E-state index >= 15 is 0 Å². The minimum atomic E-state index is -0.913. The van der Waals surface area contributed by atoms with Crippen molar-refractivity contribution >= 4 is 18.0 Å². The maximum Gasteiger partial charge on any atom is 0.407 e. The highest BCUT2D eigenvalue weighted by atomic mass is 16.5. The lowest BCUT2D eigenvalue weighted by atomic mass is 9.98. The molecule has 1 aliphatic carbocycles. The molecule has 188 valence electrons. The van der Waals surface area contributed by atoms with Crippen molar-refractivity contribution in [1.82, 2.24) is 10.6 Å². The molecule has 1 aliphatic rings. The van der Waals surface area contributed by atoms with Gasteiger partial charge < -0.3 is 20.5 Å². The topological polar surface area (TPSA) is 105 Å². The molecule has 0 spiro atoms. The summed E-state index contributed by atoms with van der Waals surface area (Å²) in [7, 11) is 0. The second-order valence-electron chi connectivity index (χ2n) is 9.25. The van der Waals surface area contributed by atoms with Crippen LogP contribution in [0.1, 0.15) is 69.4 Å². The fraction of sp³-hybridized carbons (Fsp3) is 0.464. The van der Waals surface area contributed by atoms with Gasteiger partial charge in [-0.3, -0.25) is 9.59 Å². The number of nitrogens with one attached hydrogen (secondary N) is 2. The second-order valence-corrected chi connectivity index (χ2v) is 9.25. The number of carboxylic acids is 1. The average Bonchev–Trinajstić information content (AvgIpc) is 3.17. The lowest BCUT2D eigenvalue weighted by molar-refractivity contribution is -0.142. The molecule has 35 heavy (non-hydrogen) atoms. The predicted molar refractivity (Wildman–Crippen MR) is 135 cm³/mol. The fourth-order valence-corrected chi connectivity index (χ4v) is 4.45. The molecule has 0 radical (unpaired) electrons. The zero-order valence-corrected chi connectivity index (χ0v) is 20.6. The van der Waals surface area contributed by atoms with E-state index in [1.165, 1.54) is 22.3 Å². The summed E-state index contributed by atoms with van der Waals surface area (Å²) in [6, 6.07) is 16.1. The number of aliphatic carboxylic acids is 1. The van der Waals surface area contributed by atoms with Gasteiger partial charge in [-0.05, 0) is 48.9 Å². The number of hydrogen-bond donors (Lipinski definition) is 3. The third-order valence-electron chi connectivity index (χ3n) is 6.72. The van der Waals surface area contributed by atoms with Gasteiger partial charge in [-0.1, -0.05) is 67.8 Å². The number of alkyl carbamates (subject to hydrolysis) is 1. The van der Waals surface area contributed by atoms with Crippen LogP contribution in [0.2, 0.25) is 0 Å². The molecular weight excluding hydrogens is 444 g/mol. The van der Waals surface area contributed by atoms with Crippen LogP contribution in [0.5, 0.6) is 0 Å². The summed E-state index contributed by atoms with van der Waals surface area (Å²) in [5.41, 5.74) is 4.81. The van der Waals surface area contributed by atoms with Crippen molar-refractivity contribution in [2.24, 2.45) is 5.92 Å². The lowest BCUT2D eigenvalue weighted by Crippen LogP contribution is -2.39. The van der Waals surface area contributed by atoms with E-state index in [1.807, 2.05) is 24.3 Å². The van der Waals surface area contributed by atoms with Crippen molar-refractivity contribution in [3.8, 4) is 11.1 Å². The molecule has 0 fully saturated rings. The Hall–Kier alpha value is -3.35. The van der Waals surface area contributed by atoms with Gasteiger partial charge in [0.2, 0.25) is 5.91 Å². The number of benzene rings is 2. The van der Waals surface area contributed by atoms with Crippen molar-refractivity contribution in [2.75, 3.05) is 13.2 Å². The van der Waals surface area contributed by atoms with Gasteiger partial charge in [-0.2, -0.15) is 0 Å². The Morgan fingerprint density at radius 1 is 0.886 bits per heavy atom. The molecule has 2 amide bonds. The van der Waals surface area contributed by atoms with E-state index in [0.29, 0.717) is 19.6 Å². The minimum Gasteiger partial charge on any atom is -0.481 e. The van der Waals surface area contributed by atoms with Gasteiger partial charge >= 0.3 is 12.1 Å². The number of carboxylic acid groups (broad SMARTS) is 1. The number of rotatable bonds is 13. The zero-order chi connectivity index (χ0) is 25.2. The number of carbonyl (C=O) groups is 3. The van der Waals surface area contributed by atoms with Crippen molar-refractivity contribution < 1.29 is 24.2 Å². The van der Waals surface area contributed by atoms with Crippen LogP contribution in [-0.4, -0.2) is 42.3 Å². The van der Waals surface area contributed by atoms with Crippen LogP contribution in [0.25, 0.3) is 11.1 Å². The van der Waals surface area contributed by atoms with Crippen LogP contribution in [0, 0.1) is 5.92 Å². The number of amides is 2. The third kappa shape index (κ3) is 7.31. The van der Waals surface area contributed by atoms with Gasteiger partial charge in [0.05, 0.1) is 5.92 Å². The zero-order valence-electron chi connectivity index (χ0n) is 20.6. The highest BCUT2D eigenvalue weighted by molar-refractivity contribution is 5.79. The molecule has 0 aliphatic heterocycles. The molecule has 0 heterocycles. The van der Waals surface area contributed by atoms with E-state index in [-0.39, 0.29) is 17.9 Å². The Morgan fingerprint density at radius 3 is 2.09 bits per heavy atom. The maximum absolute atomic E-state index is 12.2. The largest absolute Gasteiger partial charge is 0.481 e. The molecule has 0 saturated carbocycles. The first-order chi connectivity index (χ1) is 16.9. The maximum atomic E-state index is 12.2. The highest BCUT2D eigenvalue weighted by Gasteiger charge is 2.29. The first-order valence-corrected chi connectivity index (χ1v) is 12.5. The van der Waals surface area contributed by atoms with Gasteiger partial charge in [0.25, 0.3) is 0 Å². The van der Waals surface area contributed by atoms with Crippen LogP contribution < -0.4 is 10.6 Å². The molecule has 2 aromatic rings. The van der Waals surface area contributed by atoms with E-state index in [4.69, 9.17) is 9.84 Å². The quantitative estimate of drug-likeness (QED) is 0.346. The molecule has 0 aromatic heterocycles. The summed E-state index contributed by atoms with van der Waals surface area (Å²) in [6.07, 6.45) is 4.46. The second kappa shape index (κ2) is 12.9. The lowest BCUT2D eigenvalue weighted by Gasteiger charge is -2.17. The molecule has 0 bridgehead atoms. The van der Waals surface area contributed by atoms with Gasteiger partial charge in [0, 0.05) is 24.9 Å². The molecular formula is C28H36N2O5. The average molecular weight is 481 g/mol. The van der Waals surface area contributed by atoms with Crippen molar-refractivity contribution in [1.29, 1.82) is 0 Å². The summed E-state index contributed by atoms with van der Waals surface area (Å²) in [5.74, 6) is -1.57. The van der Waals surface area contributed by atoms with E-state index < -0.39 is 18.0 Å². The first kappa shape index (κ1) is 26.3. The Bertz CT molecular complexity index is 976. The number of carbonyl (C=O) groups excluding carboxylic acids is 2. The SMILES string of the molecule is CC(NC(=O)CCCCCCCNC(=O)OCC1c2ccccc2-c2ccccc21)C(C)C(=O)O. The standard InChI is InChI=1S/C28H36N2O5/c1-19(27(32)33)20(2)30-26(31)16-6-4-3-5-11-17-29-28(34)35-18-25-23-14-9-7-12-21(23)22-13-8-10-15-24(22)25/h7-10,12-15,19-20,25H,3-6,11,16-18H2,1-2H3,(H,29,34)(H,30,31)(H,32,33). The summed E-state index contributed by atoms with van der Waals surface area (Å²) in [6.45, 7) is 4.16. The summed E-state index contributed by atoms with van der Waals surface area (Å²) in [5, 5.41) is 14.6. The summed E-state index contributed by atoms with van der Waals surface area (Å²) < 4.78 is 5.54. The highest BCUT2D eigenvalue weighted by Crippen LogP contribution is 2.44. The first-order valence-electron chi connectivity index (χ1n) is 12.5.